The van der Waals surface area contributed by atoms with Crippen LogP contribution in [-0.2, 0) is 21.7 Å². The summed E-state index contributed by atoms with van der Waals surface area (Å²) in [6, 6.07) is 8.29. The van der Waals surface area contributed by atoms with E-state index in [0.717, 1.165) is 0 Å². The van der Waals surface area contributed by atoms with E-state index >= 15 is 0 Å². The van der Waals surface area contributed by atoms with Crippen LogP contribution >= 0.6 is 11.6 Å². The molecule has 0 unspecified atom stereocenters. The molecule has 1 aromatic carbocycles. The van der Waals surface area contributed by atoms with Gasteiger partial charge in [-0.1, -0.05) is 16.8 Å². The number of aromatic nitrogens is 1. The summed E-state index contributed by atoms with van der Waals surface area (Å²) in [7, 11) is -2.94. The quantitative estimate of drug-likeness (QED) is 0.647. The van der Waals surface area contributed by atoms with Gasteiger partial charge in [0.2, 0.25) is 0 Å². The third kappa shape index (κ3) is 3.68. The van der Waals surface area contributed by atoms with E-state index < -0.39 is 10.4 Å². The average molecular weight is 384 g/mol. The highest BCUT2D eigenvalue weighted by atomic mass is 35.5. The number of carbonyl (C=O) groups excluding carboxylic acids is 1. The number of nitrogens with zero attached hydrogens (tertiary/aromatic N) is 3. The summed E-state index contributed by atoms with van der Waals surface area (Å²) < 4.78 is 36.0. The molecule has 0 atom stereocenters. The van der Waals surface area contributed by atoms with Gasteiger partial charge < -0.3 is 9.47 Å². The largest absolute Gasteiger partial charge is 0.466 e. The minimum Gasteiger partial charge on any atom is -0.347 e. The van der Waals surface area contributed by atoms with Crippen molar-refractivity contribution in [3.63, 3.8) is 0 Å². The number of halogens is 1. The van der Waals surface area contributed by atoms with Gasteiger partial charge in [0.15, 0.2) is 0 Å². The van der Waals surface area contributed by atoms with Crippen LogP contribution < -0.4 is 4.90 Å². The van der Waals surface area contributed by atoms with E-state index in [2.05, 4.69) is 9.44 Å². The minimum atomic E-state index is -4.70. The van der Waals surface area contributed by atoms with Gasteiger partial charge in [-0.25, -0.2) is 4.28 Å². The number of amides is 1. The Hall–Kier alpha value is -2.36. The molecule has 8 nitrogen and oxygen atoms in total. The zero-order chi connectivity index (χ0) is 18.2. The van der Waals surface area contributed by atoms with Crippen molar-refractivity contribution in [2.75, 3.05) is 11.4 Å². The Morgan fingerprint density at radius 2 is 2.12 bits per heavy atom. The Balaban J connectivity index is 2.03. The normalized spacial score (nSPS) is 16.0. The fourth-order valence-corrected chi connectivity index (χ4v) is 3.01. The molecule has 3 rings (SSSR count). The van der Waals surface area contributed by atoms with E-state index in [1.807, 2.05) is 0 Å². The van der Waals surface area contributed by atoms with E-state index in [1.165, 1.54) is 0 Å². The Morgan fingerprint density at radius 1 is 1.36 bits per heavy atom. The van der Waals surface area contributed by atoms with Gasteiger partial charge in [0.05, 0.1) is 11.4 Å². The summed E-state index contributed by atoms with van der Waals surface area (Å²) in [6.07, 6.45) is 2.02. The van der Waals surface area contributed by atoms with E-state index in [9.17, 15) is 13.2 Å². The highest BCUT2D eigenvalue weighted by Crippen LogP contribution is 2.31. The van der Waals surface area contributed by atoms with Gasteiger partial charge in [0.1, 0.15) is 5.69 Å². The first-order valence-corrected chi connectivity index (χ1v) is 8.96. The van der Waals surface area contributed by atoms with E-state index in [0.29, 0.717) is 27.7 Å². The predicted molar refractivity (Wildman–Crippen MR) is 92.3 cm³/mol. The second-order valence-corrected chi connectivity index (χ2v) is 6.85. The molecule has 1 aromatic heterocycles. The lowest BCUT2D eigenvalue weighted by Crippen LogP contribution is -2.38. The molecule has 1 aliphatic heterocycles. The monoisotopic (exact) mass is 383 g/mol. The summed E-state index contributed by atoms with van der Waals surface area (Å²) in [5.41, 5.74) is 1.78. The van der Waals surface area contributed by atoms with Crippen LogP contribution in [0.2, 0.25) is 5.02 Å². The molecule has 10 heteroatoms. The maximum absolute atomic E-state index is 12.8. The first-order chi connectivity index (χ1) is 11.8. The van der Waals surface area contributed by atoms with Gasteiger partial charge in [-0.15, -0.1) is 0 Å². The lowest BCUT2D eigenvalue weighted by Gasteiger charge is -2.30. The topological polar surface area (TPSA) is 101 Å². The third-order valence-electron chi connectivity index (χ3n) is 3.78. The van der Waals surface area contributed by atoms with Crippen LogP contribution in [0.4, 0.5) is 5.69 Å². The molecule has 25 heavy (non-hydrogen) atoms. The predicted octanol–water partition coefficient (Wildman–Crippen LogP) is 2.25. The van der Waals surface area contributed by atoms with Gasteiger partial charge in [-0.05, 0) is 30.3 Å². The number of hydrogen-bond acceptors (Lipinski definition) is 5. The minimum absolute atomic E-state index is 0.217. The van der Waals surface area contributed by atoms with E-state index in [-0.39, 0.29) is 18.9 Å². The molecule has 0 saturated carbocycles. The van der Waals surface area contributed by atoms with E-state index in [4.69, 9.17) is 16.2 Å². The van der Waals surface area contributed by atoms with Crippen molar-refractivity contribution in [1.29, 1.82) is 0 Å². The number of hydrogen-bond donors (Lipinski definition) is 1. The van der Waals surface area contributed by atoms with Gasteiger partial charge in [-0.2, -0.15) is 8.42 Å². The summed E-state index contributed by atoms with van der Waals surface area (Å²) in [5, 5.41) is 3.91. The Morgan fingerprint density at radius 3 is 2.76 bits per heavy atom. The van der Waals surface area contributed by atoms with Crippen LogP contribution in [0.3, 0.4) is 0 Å². The number of rotatable bonds is 3. The smallest absolute Gasteiger partial charge is 0.347 e. The van der Waals surface area contributed by atoms with Crippen LogP contribution in [0.5, 0.6) is 0 Å². The van der Waals surface area contributed by atoms with Crippen LogP contribution in [0.25, 0.3) is 0 Å². The number of carbonyl (C=O) groups is 1. The molecule has 2 heterocycles. The van der Waals surface area contributed by atoms with Crippen LogP contribution in [0.15, 0.2) is 41.7 Å². The molecular formula is C15H14ClN3O5S. The molecule has 0 fully saturated rings. The molecule has 0 radical (unpaired) electrons. The van der Waals surface area contributed by atoms with Crippen LogP contribution in [-0.4, -0.2) is 35.7 Å². The fourth-order valence-electron chi connectivity index (χ4n) is 2.66. The van der Waals surface area contributed by atoms with Crippen molar-refractivity contribution < 1.29 is 22.0 Å². The first-order valence-electron chi connectivity index (χ1n) is 7.22. The summed E-state index contributed by atoms with van der Waals surface area (Å²) in [6.45, 7) is 0.255. The number of fused-ring (bicyclic) bond motifs is 1. The molecule has 0 saturated heterocycles. The third-order valence-corrected chi connectivity index (χ3v) is 4.28. The lowest BCUT2D eigenvalue weighted by molar-refractivity contribution is 0.0979. The van der Waals surface area contributed by atoms with Gasteiger partial charge in [0.25, 0.3) is 5.91 Å². The van der Waals surface area contributed by atoms with Crippen molar-refractivity contribution in [2.45, 2.75) is 6.42 Å². The average Bonchev–Trinajstić information content (AvgIpc) is 2.97. The van der Waals surface area contributed by atoms with Crippen LogP contribution in [0, 0.1) is 0 Å². The van der Waals surface area contributed by atoms with Gasteiger partial charge >= 0.3 is 10.4 Å². The first kappa shape index (κ1) is 17.5. The fraction of sp³-hybridized carbons (Fsp3) is 0.200. The van der Waals surface area contributed by atoms with Crippen LogP contribution in [0.1, 0.15) is 22.5 Å². The molecule has 2 aromatic rings. The Labute approximate surface area is 149 Å². The molecule has 1 N–H and O–H groups in total. The van der Waals surface area contributed by atoms with Crippen molar-refractivity contribution in [3.05, 3.63) is 52.8 Å². The number of oxime groups is 1. The second kappa shape index (κ2) is 6.51. The number of anilines is 1. The highest BCUT2D eigenvalue weighted by Gasteiger charge is 2.29. The molecule has 0 spiro atoms. The Bertz CT molecular complexity index is 967. The number of benzene rings is 1. The molecule has 0 aliphatic carbocycles. The Kier molecular flexibility index (Phi) is 4.55. The summed E-state index contributed by atoms with van der Waals surface area (Å²) in [4.78, 5) is 14.4. The molecular weight excluding hydrogens is 370 g/mol. The van der Waals surface area contributed by atoms with Gasteiger partial charge in [-0.3, -0.25) is 9.35 Å². The lowest BCUT2D eigenvalue weighted by atomic mass is 9.99. The summed E-state index contributed by atoms with van der Waals surface area (Å²) >= 11 is 6.05. The molecule has 1 aliphatic rings. The van der Waals surface area contributed by atoms with E-state index in [1.54, 1.807) is 53.0 Å². The standard InChI is InChI=1S/C15H14ClN3O5S/c1-18-7-2-3-13(18)15(20)19-8-6-12(17-24-25(21,22)23)11-5-4-10(16)9-14(11)19/h2-5,7,9H,6,8H2,1H3,(H,21,22,23)/b17-12-. The maximum Gasteiger partial charge on any atom is 0.466 e. The van der Waals surface area contributed by atoms with Crippen molar-refractivity contribution >= 4 is 39.3 Å². The second-order valence-electron chi connectivity index (χ2n) is 5.41. The maximum atomic E-state index is 12.8. The molecule has 1 amide bonds. The zero-order valence-electron chi connectivity index (χ0n) is 13.1. The van der Waals surface area contributed by atoms with Crippen molar-refractivity contribution in [3.8, 4) is 0 Å². The SMILES string of the molecule is Cn1cccc1C(=O)N1CC/C(=N/OS(=O)(=O)O)c2ccc(Cl)cc21. The summed E-state index contributed by atoms with van der Waals surface area (Å²) in [5.74, 6) is -0.217. The van der Waals surface area contributed by atoms with Gasteiger partial charge in [0, 0.05) is 36.8 Å². The number of aryl methyl sites for hydroxylation is 1. The van der Waals surface area contributed by atoms with Crippen molar-refractivity contribution in [1.82, 2.24) is 4.57 Å². The van der Waals surface area contributed by atoms with Crippen molar-refractivity contribution in [2.24, 2.45) is 12.2 Å². The molecule has 0 bridgehead atoms. The highest BCUT2D eigenvalue weighted by molar-refractivity contribution is 7.80. The molecule has 132 valence electrons. The zero-order valence-corrected chi connectivity index (χ0v) is 14.7.